The number of carboxylic acid groups (broad SMARTS) is 1. The second kappa shape index (κ2) is 9.11. The maximum absolute atomic E-state index is 10.9. The van der Waals surface area contributed by atoms with Gasteiger partial charge in [0.05, 0.1) is 16.2 Å². The van der Waals surface area contributed by atoms with Crippen LogP contribution in [0.4, 0.5) is 0 Å². The van der Waals surface area contributed by atoms with Crippen molar-refractivity contribution in [3.05, 3.63) is 48.0 Å². The quantitative estimate of drug-likeness (QED) is 0.425. The Kier molecular flexibility index (Phi) is 5.87. The molecule has 0 unspecified atom stereocenters. The van der Waals surface area contributed by atoms with Crippen LogP contribution in [-0.2, 0) is 4.79 Å². The zero-order chi connectivity index (χ0) is 22.8. The van der Waals surface area contributed by atoms with Crippen molar-refractivity contribution in [3.8, 4) is 28.7 Å². The van der Waals surface area contributed by atoms with Crippen LogP contribution in [0, 0.1) is 5.92 Å². The third kappa shape index (κ3) is 4.93. The van der Waals surface area contributed by atoms with E-state index in [1.807, 2.05) is 12.1 Å². The molecule has 33 heavy (non-hydrogen) atoms. The van der Waals surface area contributed by atoms with E-state index in [4.69, 9.17) is 21.4 Å². The maximum Gasteiger partial charge on any atom is 0.316 e. The SMILES string of the molecule is O=C(O)CC1CCC(Oc2ncc(-c3ccc(-c4nc5ncc(Cl)cc5[nH]4)cn3)cn2)CC1. The van der Waals surface area contributed by atoms with E-state index in [0.717, 1.165) is 48.0 Å². The minimum Gasteiger partial charge on any atom is -0.481 e. The summed E-state index contributed by atoms with van der Waals surface area (Å²) in [5, 5.41) is 9.48. The number of aromatic nitrogens is 6. The van der Waals surface area contributed by atoms with Crippen LogP contribution >= 0.6 is 11.6 Å². The number of imidazole rings is 1. The fourth-order valence-electron chi connectivity index (χ4n) is 4.08. The summed E-state index contributed by atoms with van der Waals surface area (Å²) in [4.78, 5) is 35.9. The average Bonchev–Trinajstić information content (AvgIpc) is 3.24. The Balaban J connectivity index is 1.22. The maximum atomic E-state index is 10.9. The van der Waals surface area contributed by atoms with Gasteiger partial charge >= 0.3 is 12.0 Å². The first kappa shape index (κ1) is 21.3. The minimum atomic E-state index is -0.737. The molecule has 0 aromatic carbocycles. The number of nitrogens with one attached hydrogen (secondary N) is 1. The Bertz CT molecular complexity index is 1270. The summed E-state index contributed by atoms with van der Waals surface area (Å²) >= 11 is 5.99. The molecule has 4 heterocycles. The highest BCUT2D eigenvalue weighted by Crippen LogP contribution is 2.29. The molecule has 168 valence electrons. The third-order valence-electron chi connectivity index (χ3n) is 5.79. The van der Waals surface area contributed by atoms with Crippen molar-refractivity contribution < 1.29 is 14.6 Å². The first-order valence-electron chi connectivity index (χ1n) is 10.7. The van der Waals surface area contributed by atoms with Gasteiger partial charge in [0.25, 0.3) is 0 Å². The molecule has 4 aromatic rings. The summed E-state index contributed by atoms with van der Waals surface area (Å²) in [5.41, 5.74) is 3.69. The molecule has 4 aromatic heterocycles. The standard InChI is InChI=1S/C23H21ClN6O3/c24-16-8-19-22(26-12-16)30-21(29-19)14-3-6-18(25-9-14)15-10-27-23(28-11-15)33-17-4-1-13(2-5-17)7-20(31)32/h3,6,8-13,17H,1-2,4-5,7H2,(H,31,32)(H,26,29,30). The summed E-state index contributed by atoms with van der Waals surface area (Å²) < 4.78 is 5.90. The molecular formula is C23H21ClN6O3. The highest BCUT2D eigenvalue weighted by atomic mass is 35.5. The second-order valence-corrected chi connectivity index (χ2v) is 8.59. The normalized spacial score (nSPS) is 18.3. The number of ether oxygens (including phenoxy) is 1. The molecule has 1 aliphatic carbocycles. The number of aliphatic carboxylic acids is 1. The van der Waals surface area contributed by atoms with E-state index >= 15 is 0 Å². The number of hydrogen-bond acceptors (Lipinski definition) is 7. The van der Waals surface area contributed by atoms with E-state index in [1.165, 1.54) is 0 Å². The molecule has 1 saturated carbocycles. The molecule has 10 heteroatoms. The van der Waals surface area contributed by atoms with E-state index < -0.39 is 5.97 Å². The molecule has 0 amide bonds. The van der Waals surface area contributed by atoms with E-state index in [-0.39, 0.29) is 18.4 Å². The molecule has 0 atom stereocenters. The van der Waals surface area contributed by atoms with Crippen LogP contribution in [0.5, 0.6) is 6.01 Å². The summed E-state index contributed by atoms with van der Waals surface area (Å²) in [7, 11) is 0. The fourth-order valence-corrected chi connectivity index (χ4v) is 4.23. The molecule has 0 aliphatic heterocycles. The van der Waals surface area contributed by atoms with Crippen molar-refractivity contribution >= 4 is 28.7 Å². The first-order chi connectivity index (χ1) is 16.0. The van der Waals surface area contributed by atoms with E-state index in [1.54, 1.807) is 30.9 Å². The molecule has 0 bridgehead atoms. The number of aromatic amines is 1. The van der Waals surface area contributed by atoms with Crippen LogP contribution in [-0.4, -0.2) is 47.1 Å². The number of pyridine rings is 2. The predicted octanol–water partition coefficient (Wildman–Crippen LogP) is 4.54. The van der Waals surface area contributed by atoms with Crippen molar-refractivity contribution in [1.82, 2.24) is 29.9 Å². The van der Waals surface area contributed by atoms with Gasteiger partial charge in [-0.3, -0.25) is 9.78 Å². The molecule has 9 nitrogen and oxygen atoms in total. The number of halogens is 1. The van der Waals surface area contributed by atoms with Crippen LogP contribution < -0.4 is 4.74 Å². The number of carboxylic acids is 1. The number of fused-ring (bicyclic) bond motifs is 1. The number of rotatable bonds is 6. The van der Waals surface area contributed by atoms with Gasteiger partial charge in [-0.2, -0.15) is 0 Å². The largest absolute Gasteiger partial charge is 0.481 e. The van der Waals surface area contributed by atoms with E-state index in [9.17, 15) is 4.79 Å². The Morgan fingerprint density at radius 3 is 2.48 bits per heavy atom. The summed E-state index contributed by atoms with van der Waals surface area (Å²) in [6.07, 6.45) is 10.2. The van der Waals surface area contributed by atoms with Gasteiger partial charge in [-0.1, -0.05) is 11.6 Å². The van der Waals surface area contributed by atoms with Gasteiger partial charge in [-0.25, -0.2) is 19.9 Å². The molecule has 5 rings (SSSR count). The van der Waals surface area contributed by atoms with Crippen molar-refractivity contribution in [1.29, 1.82) is 0 Å². The Morgan fingerprint density at radius 2 is 1.79 bits per heavy atom. The predicted molar refractivity (Wildman–Crippen MR) is 122 cm³/mol. The summed E-state index contributed by atoms with van der Waals surface area (Å²) in [6, 6.07) is 5.91. The van der Waals surface area contributed by atoms with Crippen molar-refractivity contribution in [3.63, 3.8) is 0 Å². The fraction of sp³-hybridized carbons (Fsp3) is 0.304. The van der Waals surface area contributed by atoms with Crippen LogP contribution in [0.1, 0.15) is 32.1 Å². The van der Waals surface area contributed by atoms with Crippen LogP contribution in [0.25, 0.3) is 33.8 Å². The van der Waals surface area contributed by atoms with Gasteiger partial charge in [0.2, 0.25) is 0 Å². The highest BCUT2D eigenvalue weighted by Gasteiger charge is 2.24. The lowest BCUT2D eigenvalue weighted by Crippen LogP contribution is -2.25. The van der Waals surface area contributed by atoms with Crippen LogP contribution in [0.2, 0.25) is 5.02 Å². The van der Waals surface area contributed by atoms with Gasteiger partial charge in [-0.15, -0.1) is 0 Å². The van der Waals surface area contributed by atoms with Crippen LogP contribution in [0.15, 0.2) is 43.0 Å². The molecule has 2 N–H and O–H groups in total. The lowest BCUT2D eigenvalue weighted by Gasteiger charge is -2.27. The van der Waals surface area contributed by atoms with Crippen molar-refractivity contribution in [2.45, 2.75) is 38.2 Å². The third-order valence-corrected chi connectivity index (χ3v) is 6.00. The monoisotopic (exact) mass is 464 g/mol. The molecule has 0 radical (unpaired) electrons. The molecule has 1 fully saturated rings. The van der Waals surface area contributed by atoms with Crippen molar-refractivity contribution in [2.24, 2.45) is 5.92 Å². The minimum absolute atomic E-state index is 0.0199. The van der Waals surface area contributed by atoms with Gasteiger partial charge in [-0.05, 0) is 49.8 Å². The zero-order valence-corrected chi connectivity index (χ0v) is 18.4. The summed E-state index contributed by atoms with van der Waals surface area (Å²) in [5.74, 6) is 0.157. The number of nitrogens with zero attached hydrogens (tertiary/aromatic N) is 5. The van der Waals surface area contributed by atoms with Gasteiger partial charge < -0.3 is 14.8 Å². The smallest absolute Gasteiger partial charge is 0.316 e. The van der Waals surface area contributed by atoms with E-state index in [0.29, 0.717) is 22.5 Å². The van der Waals surface area contributed by atoms with Crippen LogP contribution in [0.3, 0.4) is 0 Å². The average molecular weight is 465 g/mol. The Morgan fingerprint density at radius 1 is 1.03 bits per heavy atom. The zero-order valence-electron chi connectivity index (χ0n) is 17.6. The molecule has 0 saturated heterocycles. The lowest BCUT2D eigenvalue weighted by atomic mass is 9.85. The van der Waals surface area contributed by atoms with Crippen molar-refractivity contribution in [2.75, 3.05) is 0 Å². The first-order valence-corrected chi connectivity index (χ1v) is 11.1. The van der Waals surface area contributed by atoms with Gasteiger partial charge in [0, 0.05) is 42.3 Å². The molecule has 1 aliphatic rings. The lowest BCUT2D eigenvalue weighted by molar-refractivity contribution is -0.138. The summed E-state index contributed by atoms with van der Waals surface area (Å²) in [6.45, 7) is 0. The van der Waals surface area contributed by atoms with Gasteiger partial charge in [0.1, 0.15) is 11.9 Å². The number of carbonyl (C=O) groups is 1. The van der Waals surface area contributed by atoms with Gasteiger partial charge in [0.15, 0.2) is 5.65 Å². The Labute approximate surface area is 194 Å². The molecule has 0 spiro atoms. The number of hydrogen-bond donors (Lipinski definition) is 2. The molecular weight excluding hydrogens is 444 g/mol. The highest BCUT2D eigenvalue weighted by molar-refractivity contribution is 6.31. The topological polar surface area (TPSA) is 127 Å². The Hall–Kier alpha value is -3.59. The number of H-pyrrole nitrogens is 1. The second-order valence-electron chi connectivity index (χ2n) is 8.15. The van der Waals surface area contributed by atoms with E-state index in [2.05, 4.69) is 29.9 Å².